The summed E-state index contributed by atoms with van der Waals surface area (Å²) < 4.78 is 0. The first-order chi connectivity index (χ1) is 7.16. The molecule has 0 heterocycles. The molecule has 1 spiro atoms. The average molecular weight is 209 g/mol. The molecular formula is C12H17O3. The number of carboxylic acids is 1. The van der Waals surface area contributed by atoms with Gasteiger partial charge < -0.3 is 5.11 Å². The van der Waals surface area contributed by atoms with Crippen molar-refractivity contribution in [3.63, 3.8) is 0 Å². The van der Waals surface area contributed by atoms with Gasteiger partial charge in [-0.2, -0.15) is 0 Å². The largest absolute Gasteiger partial charge is 0.481 e. The minimum atomic E-state index is -0.919. The van der Waals surface area contributed by atoms with Crippen molar-refractivity contribution in [3.05, 3.63) is 6.42 Å². The normalized spacial score (nSPS) is 30.4. The zero-order valence-corrected chi connectivity index (χ0v) is 8.87. The SMILES string of the molecule is O=C(O)C1C(=O)[CH]CCC12CCCCC2. The summed E-state index contributed by atoms with van der Waals surface area (Å²) in [5.74, 6) is -1.83. The molecule has 2 fully saturated rings. The van der Waals surface area contributed by atoms with Crippen LogP contribution in [0.2, 0.25) is 0 Å². The highest BCUT2D eigenvalue weighted by Crippen LogP contribution is 2.49. The smallest absolute Gasteiger partial charge is 0.314 e. The van der Waals surface area contributed by atoms with Crippen LogP contribution in [0.25, 0.3) is 0 Å². The molecule has 0 aromatic rings. The number of carboxylic acid groups (broad SMARTS) is 1. The van der Waals surface area contributed by atoms with Crippen molar-refractivity contribution in [3.8, 4) is 0 Å². The first-order valence-electron chi connectivity index (χ1n) is 5.76. The molecule has 0 saturated heterocycles. The molecule has 1 radical (unpaired) electrons. The van der Waals surface area contributed by atoms with Gasteiger partial charge in [0.15, 0.2) is 5.78 Å². The summed E-state index contributed by atoms with van der Waals surface area (Å²) in [6.45, 7) is 0. The number of hydrogen-bond acceptors (Lipinski definition) is 2. The van der Waals surface area contributed by atoms with Crippen molar-refractivity contribution >= 4 is 11.8 Å². The van der Waals surface area contributed by atoms with Gasteiger partial charge in [-0.25, -0.2) is 0 Å². The van der Waals surface area contributed by atoms with Gasteiger partial charge in [-0.05, 0) is 31.1 Å². The van der Waals surface area contributed by atoms with Gasteiger partial charge in [0, 0.05) is 6.42 Å². The lowest BCUT2D eigenvalue weighted by atomic mass is 9.59. The van der Waals surface area contributed by atoms with Crippen LogP contribution >= 0.6 is 0 Å². The zero-order valence-electron chi connectivity index (χ0n) is 8.87. The Morgan fingerprint density at radius 3 is 2.53 bits per heavy atom. The van der Waals surface area contributed by atoms with Crippen LogP contribution in [0.4, 0.5) is 0 Å². The van der Waals surface area contributed by atoms with Crippen molar-refractivity contribution in [1.29, 1.82) is 0 Å². The van der Waals surface area contributed by atoms with Gasteiger partial charge in [0.2, 0.25) is 0 Å². The molecule has 2 aliphatic rings. The number of ketones is 1. The Bertz CT molecular complexity index is 271. The van der Waals surface area contributed by atoms with Gasteiger partial charge in [-0.15, -0.1) is 0 Å². The number of aliphatic carboxylic acids is 1. The Morgan fingerprint density at radius 1 is 1.27 bits per heavy atom. The molecule has 3 nitrogen and oxygen atoms in total. The fraction of sp³-hybridized carbons (Fsp3) is 0.750. The summed E-state index contributed by atoms with van der Waals surface area (Å²) in [5, 5.41) is 9.19. The zero-order chi connectivity index (χ0) is 10.9. The molecule has 0 amide bonds. The third kappa shape index (κ3) is 1.80. The molecule has 0 aromatic carbocycles. The van der Waals surface area contributed by atoms with Gasteiger partial charge in [0.05, 0.1) is 0 Å². The second-order valence-corrected chi connectivity index (χ2v) is 4.84. The van der Waals surface area contributed by atoms with E-state index in [1.165, 1.54) is 6.42 Å². The summed E-state index contributed by atoms with van der Waals surface area (Å²) in [6, 6.07) is 0. The second-order valence-electron chi connectivity index (χ2n) is 4.84. The molecule has 2 saturated carbocycles. The second kappa shape index (κ2) is 3.95. The maximum Gasteiger partial charge on any atom is 0.314 e. The highest BCUT2D eigenvalue weighted by molar-refractivity contribution is 6.04. The summed E-state index contributed by atoms with van der Waals surface area (Å²) in [5.41, 5.74) is -0.212. The van der Waals surface area contributed by atoms with Crippen molar-refractivity contribution in [2.45, 2.75) is 44.9 Å². The molecule has 2 aliphatic carbocycles. The van der Waals surface area contributed by atoms with E-state index in [0.29, 0.717) is 0 Å². The number of carbonyl (C=O) groups excluding carboxylic acids is 1. The van der Waals surface area contributed by atoms with E-state index in [-0.39, 0.29) is 11.2 Å². The molecule has 0 aliphatic heterocycles. The average Bonchev–Trinajstić information content (AvgIpc) is 2.18. The van der Waals surface area contributed by atoms with Gasteiger partial charge in [-0.1, -0.05) is 19.3 Å². The van der Waals surface area contributed by atoms with Crippen LogP contribution < -0.4 is 0 Å². The van der Waals surface area contributed by atoms with Gasteiger partial charge >= 0.3 is 5.97 Å². The molecule has 1 unspecified atom stereocenters. The Morgan fingerprint density at radius 2 is 1.93 bits per heavy atom. The van der Waals surface area contributed by atoms with E-state index in [2.05, 4.69) is 0 Å². The Hall–Kier alpha value is -0.860. The maximum absolute atomic E-state index is 11.7. The fourth-order valence-electron chi connectivity index (χ4n) is 3.24. The Kier molecular flexibility index (Phi) is 2.81. The van der Waals surface area contributed by atoms with Crippen LogP contribution in [0.1, 0.15) is 44.9 Å². The minimum absolute atomic E-state index is 0.157. The van der Waals surface area contributed by atoms with Crippen LogP contribution in [0.5, 0.6) is 0 Å². The summed E-state index contributed by atoms with van der Waals surface area (Å²) in [7, 11) is 0. The fourth-order valence-corrected chi connectivity index (χ4v) is 3.24. The molecule has 2 rings (SSSR count). The van der Waals surface area contributed by atoms with Gasteiger partial charge in [0.1, 0.15) is 5.92 Å². The van der Waals surface area contributed by atoms with E-state index in [9.17, 15) is 14.7 Å². The van der Waals surface area contributed by atoms with E-state index >= 15 is 0 Å². The molecule has 0 aromatic heterocycles. The summed E-state index contributed by atoms with van der Waals surface area (Å²) in [6.07, 6.45) is 8.41. The molecular weight excluding hydrogens is 192 g/mol. The quantitative estimate of drug-likeness (QED) is 0.673. The Labute approximate surface area is 89.9 Å². The number of Topliss-reactive ketones (excluding diaryl/α,β-unsaturated/α-hetero) is 1. The lowest BCUT2D eigenvalue weighted by Crippen LogP contribution is -2.45. The Balaban J connectivity index is 2.25. The van der Waals surface area contributed by atoms with E-state index in [0.717, 1.165) is 38.5 Å². The predicted octanol–water partition coefficient (Wildman–Crippen LogP) is 2.20. The topological polar surface area (TPSA) is 54.4 Å². The number of hydrogen-bond donors (Lipinski definition) is 1. The van der Waals surface area contributed by atoms with Crippen molar-refractivity contribution in [1.82, 2.24) is 0 Å². The number of carbonyl (C=O) groups is 2. The van der Waals surface area contributed by atoms with E-state index in [1.807, 2.05) is 0 Å². The molecule has 83 valence electrons. The van der Waals surface area contributed by atoms with Crippen LogP contribution in [0.3, 0.4) is 0 Å². The lowest BCUT2D eigenvalue weighted by Gasteiger charge is -2.43. The lowest BCUT2D eigenvalue weighted by molar-refractivity contribution is -0.154. The number of rotatable bonds is 1. The van der Waals surface area contributed by atoms with E-state index in [4.69, 9.17) is 0 Å². The molecule has 1 atom stereocenters. The minimum Gasteiger partial charge on any atom is -0.481 e. The van der Waals surface area contributed by atoms with Crippen LogP contribution in [-0.4, -0.2) is 16.9 Å². The predicted molar refractivity (Wildman–Crippen MR) is 55.2 cm³/mol. The molecule has 1 N–H and O–H groups in total. The highest BCUT2D eigenvalue weighted by Gasteiger charge is 2.49. The van der Waals surface area contributed by atoms with Crippen molar-refractivity contribution in [2.24, 2.45) is 11.3 Å². The maximum atomic E-state index is 11.7. The third-order valence-corrected chi connectivity index (χ3v) is 3.98. The first kappa shape index (κ1) is 10.7. The third-order valence-electron chi connectivity index (χ3n) is 3.98. The first-order valence-corrected chi connectivity index (χ1v) is 5.76. The standard InChI is InChI=1S/C12H17O3/c13-9-5-4-8-12(10(9)11(14)15)6-2-1-3-7-12/h5,10H,1-4,6-8H2,(H,14,15). The van der Waals surface area contributed by atoms with Crippen LogP contribution in [-0.2, 0) is 9.59 Å². The van der Waals surface area contributed by atoms with Crippen LogP contribution in [0.15, 0.2) is 0 Å². The summed E-state index contributed by atoms with van der Waals surface area (Å²) in [4.78, 5) is 22.9. The highest BCUT2D eigenvalue weighted by atomic mass is 16.4. The van der Waals surface area contributed by atoms with Gasteiger partial charge in [-0.3, -0.25) is 9.59 Å². The molecule has 0 bridgehead atoms. The summed E-state index contributed by atoms with van der Waals surface area (Å²) >= 11 is 0. The van der Waals surface area contributed by atoms with E-state index < -0.39 is 11.9 Å². The van der Waals surface area contributed by atoms with E-state index in [1.54, 1.807) is 6.42 Å². The van der Waals surface area contributed by atoms with Crippen molar-refractivity contribution < 1.29 is 14.7 Å². The van der Waals surface area contributed by atoms with Crippen molar-refractivity contribution in [2.75, 3.05) is 0 Å². The van der Waals surface area contributed by atoms with Gasteiger partial charge in [0.25, 0.3) is 0 Å². The van der Waals surface area contributed by atoms with Crippen LogP contribution in [0, 0.1) is 17.8 Å². The molecule has 3 heteroatoms. The monoisotopic (exact) mass is 209 g/mol. The molecule has 15 heavy (non-hydrogen) atoms.